The molecule has 1 atom stereocenters. The number of nitrogens with zero attached hydrogens (tertiary/aromatic N) is 2. The molecule has 0 spiro atoms. The van der Waals surface area contributed by atoms with Gasteiger partial charge in [0, 0.05) is 17.1 Å². The molecule has 0 heterocycles. The van der Waals surface area contributed by atoms with Crippen LogP contribution in [0.15, 0.2) is 46.9 Å². The quantitative estimate of drug-likeness (QED) is 0.408. The number of benzene rings is 2. The summed E-state index contributed by atoms with van der Waals surface area (Å²) in [6.45, 7) is 1.26. The monoisotopic (exact) mass is 617 g/mol. The number of carbonyl (C=O) groups is 2. The van der Waals surface area contributed by atoms with E-state index in [4.69, 9.17) is 23.2 Å². The second kappa shape index (κ2) is 12.6. The van der Waals surface area contributed by atoms with E-state index in [1.54, 1.807) is 13.0 Å². The van der Waals surface area contributed by atoms with Crippen molar-refractivity contribution < 1.29 is 18.0 Å². The van der Waals surface area contributed by atoms with Crippen LogP contribution in [0.2, 0.25) is 10.0 Å². The number of rotatable bonds is 9. The Labute approximate surface area is 231 Å². The van der Waals surface area contributed by atoms with Crippen LogP contribution in [-0.2, 0) is 26.2 Å². The maximum atomic E-state index is 13.6. The summed E-state index contributed by atoms with van der Waals surface area (Å²) in [6.07, 6.45) is 6.09. The molecule has 2 aromatic rings. The third-order valence-corrected chi connectivity index (χ3v) is 8.73. The maximum absolute atomic E-state index is 13.6. The first-order chi connectivity index (χ1) is 17.0. The standard InChI is InChI=1S/C25H30BrCl2N3O4S/c1-17(25(33)29-20-7-4-3-5-8-20)30(15-18-11-13-19(26)14-12-18)23(32)16-31(36(2,34)35)22-10-6-9-21(27)24(22)28/h6,9-14,17,20H,3-5,7-8,15-16H2,1-2H3,(H,29,33)/t17-/m0/s1. The van der Waals surface area contributed by atoms with Crippen LogP contribution < -0.4 is 9.62 Å². The topological polar surface area (TPSA) is 86.8 Å². The van der Waals surface area contributed by atoms with Gasteiger partial charge in [0.05, 0.1) is 22.0 Å². The van der Waals surface area contributed by atoms with Gasteiger partial charge in [-0.05, 0) is 49.6 Å². The molecule has 0 bridgehead atoms. The Kier molecular flexibility index (Phi) is 10.1. The largest absolute Gasteiger partial charge is 0.352 e. The smallest absolute Gasteiger partial charge is 0.244 e. The van der Waals surface area contributed by atoms with Gasteiger partial charge in [-0.15, -0.1) is 0 Å². The lowest BCUT2D eigenvalue weighted by atomic mass is 9.95. The predicted molar refractivity (Wildman–Crippen MR) is 148 cm³/mol. The Balaban J connectivity index is 1.89. The van der Waals surface area contributed by atoms with Crippen LogP contribution in [0.25, 0.3) is 0 Å². The maximum Gasteiger partial charge on any atom is 0.244 e. The van der Waals surface area contributed by atoms with Crippen molar-refractivity contribution in [2.75, 3.05) is 17.1 Å². The molecule has 0 unspecified atom stereocenters. The van der Waals surface area contributed by atoms with Crippen molar-refractivity contribution in [3.63, 3.8) is 0 Å². The molecule has 0 aromatic heterocycles. The summed E-state index contributed by atoms with van der Waals surface area (Å²) >= 11 is 15.8. The van der Waals surface area contributed by atoms with Gasteiger partial charge in [-0.25, -0.2) is 8.42 Å². The van der Waals surface area contributed by atoms with Gasteiger partial charge in [0.25, 0.3) is 0 Å². The molecule has 1 saturated carbocycles. The van der Waals surface area contributed by atoms with Crippen molar-refractivity contribution in [3.05, 3.63) is 62.5 Å². The van der Waals surface area contributed by atoms with Gasteiger partial charge in [0.1, 0.15) is 12.6 Å². The van der Waals surface area contributed by atoms with Crippen LogP contribution >= 0.6 is 39.1 Å². The molecule has 1 fully saturated rings. The second-order valence-electron chi connectivity index (χ2n) is 9.01. The molecule has 3 rings (SSSR count). The lowest BCUT2D eigenvalue weighted by molar-refractivity contribution is -0.139. The lowest BCUT2D eigenvalue weighted by Crippen LogP contribution is -2.53. The van der Waals surface area contributed by atoms with Crippen molar-refractivity contribution >= 4 is 66.7 Å². The van der Waals surface area contributed by atoms with Crippen molar-refractivity contribution in [1.29, 1.82) is 0 Å². The summed E-state index contributed by atoms with van der Waals surface area (Å²) in [6, 6.07) is 11.2. The highest BCUT2D eigenvalue weighted by Crippen LogP contribution is 2.33. The minimum Gasteiger partial charge on any atom is -0.352 e. The number of hydrogen-bond acceptors (Lipinski definition) is 4. The lowest BCUT2D eigenvalue weighted by Gasteiger charge is -2.33. The van der Waals surface area contributed by atoms with Crippen LogP contribution in [0.1, 0.15) is 44.6 Å². The fourth-order valence-electron chi connectivity index (χ4n) is 4.22. The van der Waals surface area contributed by atoms with Crippen LogP contribution in [-0.4, -0.2) is 50.0 Å². The normalized spacial score (nSPS) is 15.2. The number of carbonyl (C=O) groups excluding carboxylic acids is 2. The molecule has 2 amide bonds. The fourth-order valence-corrected chi connectivity index (χ4v) is 5.78. The number of amides is 2. The molecule has 0 aliphatic heterocycles. The van der Waals surface area contributed by atoms with Crippen LogP contribution in [0.3, 0.4) is 0 Å². The Morgan fingerprint density at radius 2 is 1.72 bits per heavy atom. The molecule has 36 heavy (non-hydrogen) atoms. The van der Waals surface area contributed by atoms with Gasteiger partial charge in [0.2, 0.25) is 21.8 Å². The van der Waals surface area contributed by atoms with E-state index in [0.717, 1.165) is 52.7 Å². The van der Waals surface area contributed by atoms with Crippen molar-refractivity contribution in [1.82, 2.24) is 10.2 Å². The highest BCUT2D eigenvalue weighted by atomic mass is 79.9. The van der Waals surface area contributed by atoms with E-state index in [-0.39, 0.29) is 34.2 Å². The zero-order chi connectivity index (χ0) is 26.5. The first-order valence-electron chi connectivity index (χ1n) is 11.7. The summed E-state index contributed by atoms with van der Waals surface area (Å²) in [5.41, 5.74) is 0.901. The molecule has 7 nitrogen and oxygen atoms in total. The van der Waals surface area contributed by atoms with Gasteiger partial charge in [0.15, 0.2) is 0 Å². The van der Waals surface area contributed by atoms with E-state index in [0.29, 0.717) is 0 Å². The third kappa shape index (κ3) is 7.60. The van der Waals surface area contributed by atoms with Gasteiger partial charge < -0.3 is 10.2 Å². The average molecular weight is 619 g/mol. The van der Waals surface area contributed by atoms with Crippen LogP contribution in [0, 0.1) is 0 Å². The van der Waals surface area contributed by atoms with Crippen LogP contribution in [0.5, 0.6) is 0 Å². The van der Waals surface area contributed by atoms with Gasteiger partial charge in [-0.1, -0.05) is 76.6 Å². The third-order valence-electron chi connectivity index (χ3n) is 6.26. The van der Waals surface area contributed by atoms with Crippen molar-refractivity contribution in [3.8, 4) is 0 Å². The second-order valence-corrected chi connectivity index (χ2v) is 12.6. The number of anilines is 1. The van der Waals surface area contributed by atoms with Gasteiger partial charge in [-0.3, -0.25) is 13.9 Å². The fraction of sp³-hybridized carbons (Fsp3) is 0.440. The van der Waals surface area contributed by atoms with Crippen molar-refractivity contribution in [2.45, 2.75) is 57.7 Å². The SMILES string of the molecule is C[C@@H](C(=O)NC1CCCCC1)N(Cc1ccc(Br)cc1)C(=O)CN(c1cccc(Cl)c1Cl)S(C)(=O)=O. The van der Waals surface area contributed by atoms with E-state index in [1.807, 2.05) is 24.3 Å². The minimum atomic E-state index is -3.90. The molecular weight excluding hydrogens is 589 g/mol. The molecule has 1 N–H and O–H groups in total. The Bertz CT molecular complexity index is 1190. The molecular formula is C25H30BrCl2N3O4S. The number of sulfonamides is 1. The molecule has 0 saturated heterocycles. The van der Waals surface area contributed by atoms with E-state index >= 15 is 0 Å². The van der Waals surface area contributed by atoms with E-state index in [9.17, 15) is 18.0 Å². The molecule has 0 radical (unpaired) electrons. The molecule has 196 valence electrons. The summed E-state index contributed by atoms with van der Waals surface area (Å²) in [5, 5.41) is 3.27. The van der Waals surface area contributed by atoms with E-state index in [1.165, 1.54) is 17.0 Å². The zero-order valence-corrected chi connectivity index (χ0v) is 24.1. The van der Waals surface area contributed by atoms with E-state index < -0.39 is 28.5 Å². The van der Waals surface area contributed by atoms with Gasteiger partial charge >= 0.3 is 0 Å². The predicted octanol–water partition coefficient (Wildman–Crippen LogP) is 5.39. The molecule has 2 aromatic carbocycles. The molecule has 1 aliphatic rings. The summed E-state index contributed by atoms with van der Waals surface area (Å²) < 4.78 is 27.2. The highest BCUT2D eigenvalue weighted by molar-refractivity contribution is 9.10. The Hall–Kier alpha value is -1.81. The first kappa shape index (κ1) is 28.8. The summed E-state index contributed by atoms with van der Waals surface area (Å²) in [4.78, 5) is 28.2. The van der Waals surface area contributed by atoms with E-state index in [2.05, 4.69) is 21.2 Å². The Morgan fingerprint density at radius 3 is 2.33 bits per heavy atom. The van der Waals surface area contributed by atoms with Crippen molar-refractivity contribution in [2.24, 2.45) is 0 Å². The highest BCUT2D eigenvalue weighted by Gasteiger charge is 2.32. The first-order valence-corrected chi connectivity index (χ1v) is 15.1. The zero-order valence-electron chi connectivity index (χ0n) is 20.2. The number of halogens is 3. The summed E-state index contributed by atoms with van der Waals surface area (Å²) in [7, 11) is -3.90. The minimum absolute atomic E-state index is 0.0277. The molecule has 11 heteroatoms. The number of nitrogens with one attached hydrogen (secondary N) is 1. The Morgan fingerprint density at radius 1 is 1.08 bits per heavy atom. The number of hydrogen-bond donors (Lipinski definition) is 1. The van der Waals surface area contributed by atoms with Gasteiger partial charge in [-0.2, -0.15) is 0 Å². The average Bonchev–Trinajstić information content (AvgIpc) is 2.83. The summed E-state index contributed by atoms with van der Waals surface area (Å²) in [5.74, 6) is -0.801. The van der Waals surface area contributed by atoms with Crippen LogP contribution in [0.4, 0.5) is 5.69 Å². The molecule has 1 aliphatic carbocycles.